The number of carbonyl (C=O) groups excluding carboxylic acids is 2. The van der Waals surface area contributed by atoms with E-state index in [1.165, 1.54) is 30.2 Å². The van der Waals surface area contributed by atoms with Crippen molar-refractivity contribution in [2.45, 2.75) is 10.9 Å². The minimum Gasteiger partial charge on any atom is -0.488 e. The van der Waals surface area contributed by atoms with Crippen LogP contribution in [0.1, 0.15) is 15.9 Å². The van der Waals surface area contributed by atoms with Crippen LogP contribution < -0.4 is 10.1 Å². The van der Waals surface area contributed by atoms with E-state index in [1.54, 1.807) is 18.2 Å². The molecule has 0 radical (unpaired) electrons. The second-order valence-electron chi connectivity index (χ2n) is 5.46. The number of rotatable bonds is 8. The molecule has 144 valence electrons. The Morgan fingerprint density at radius 1 is 1.07 bits per heavy atom. The first-order valence-corrected chi connectivity index (χ1v) is 10.1. The van der Waals surface area contributed by atoms with Crippen molar-refractivity contribution in [2.75, 3.05) is 18.2 Å². The summed E-state index contributed by atoms with van der Waals surface area (Å²) < 4.78 is 11.0. The standard InChI is InChI=1S/C19H17N3O4S2/c1-25-16(23)12-27-19-22-21-18(28-19)20-17(24)14-9-5-6-10-15(14)26-11-13-7-3-2-4-8-13/h2-10H,11-12H2,1H3,(H,20,21,24). The number of benzene rings is 2. The van der Waals surface area contributed by atoms with Gasteiger partial charge in [0, 0.05) is 0 Å². The van der Waals surface area contributed by atoms with Crippen molar-refractivity contribution < 1.29 is 19.1 Å². The van der Waals surface area contributed by atoms with E-state index in [-0.39, 0.29) is 17.6 Å². The molecule has 7 nitrogen and oxygen atoms in total. The van der Waals surface area contributed by atoms with Gasteiger partial charge < -0.3 is 9.47 Å². The van der Waals surface area contributed by atoms with Crippen LogP contribution in [0.2, 0.25) is 0 Å². The van der Waals surface area contributed by atoms with Crippen molar-refractivity contribution in [3.8, 4) is 5.75 Å². The molecule has 0 bridgehead atoms. The van der Waals surface area contributed by atoms with Gasteiger partial charge in [0.1, 0.15) is 12.4 Å². The van der Waals surface area contributed by atoms with Crippen LogP contribution in [0.4, 0.5) is 5.13 Å². The number of amides is 1. The van der Waals surface area contributed by atoms with E-state index >= 15 is 0 Å². The van der Waals surface area contributed by atoms with Crippen molar-refractivity contribution in [3.63, 3.8) is 0 Å². The maximum absolute atomic E-state index is 12.6. The van der Waals surface area contributed by atoms with E-state index < -0.39 is 0 Å². The first-order chi connectivity index (χ1) is 13.7. The summed E-state index contributed by atoms with van der Waals surface area (Å²) in [4.78, 5) is 23.8. The number of hydrogen-bond donors (Lipinski definition) is 1. The third kappa shape index (κ3) is 5.54. The molecule has 0 atom stereocenters. The highest BCUT2D eigenvalue weighted by Gasteiger charge is 2.15. The van der Waals surface area contributed by atoms with Crippen molar-refractivity contribution in [2.24, 2.45) is 0 Å². The molecule has 3 aromatic rings. The van der Waals surface area contributed by atoms with E-state index in [0.717, 1.165) is 5.56 Å². The average Bonchev–Trinajstić information content (AvgIpc) is 3.18. The lowest BCUT2D eigenvalue weighted by atomic mass is 10.2. The number of thioether (sulfide) groups is 1. The summed E-state index contributed by atoms with van der Waals surface area (Å²) in [5, 5.41) is 10.9. The zero-order chi connectivity index (χ0) is 19.8. The zero-order valence-electron chi connectivity index (χ0n) is 15.0. The zero-order valence-corrected chi connectivity index (χ0v) is 16.6. The Bertz CT molecular complexity index is 947. The predicted octanol–water partition coefficient (Wildman–Crippen LogP) is 3.63. The Hall–Kier alpha value is -2.91. The van der Waals surface area contributed by atoms with Gasteiger partial charge in [0.2, 0.25) is 5.13 Å². The van der Waals surface area contributed by atoms with Crippen LogP contribution in [0.3, 0.4) is 0 Å². The van der Waals surface area contributed by atoms with Crippen LogP contribution in [-0.2, 0) is 16.1 Å². The van der Waals surface area contributed by atoms with Crippen LogP contribution in [0, 0.1) is 0 Å². The molecule has 2 aromatic carbocycles. The Morgan fingerprint density at radius 3 is 2.61 bits per heavy atom. The number of carbonyl (C=O) groups is 2. The Balaban J connectivity index is 1.63. The predicted molar refractivity (Wildman–Crippen MR) is 108 cm³/mol. The molecule has 0 aliphatic rings. The summed E-state index contributed by atoms with van der Waals surface area (Å²) in [7, 11) is 1.33. The second-order valence-corrected chi connectivity index (χ2v) is 7.66. The maximum Gasteiger partial charge on any atom is 0.316 e. The minimum absolute atomic E-state index is 0.134. The van der Waals surface area contributed by atoms with Gasteiger partial charge in [-0.1, -0.05) is 65.6 Å². The number of ether oxygens (including phenoxy) is 2. The number of nitrogens with one attached hydrogen (secondary N) is 1. The van der Waals surface area contributed by atoms with Crippen LogP contribution in [0.25, 0.3) is 0 Å². The highest BCUT2D eigenvalue weighted by atomic mass is 32.2. The first kappa shape index (κ1) is 19.8. The third-order valence-electron chi connectivity index (χ3n) is 3.54. The monoisotopic (exact) mass is 415 g/mol. The summed E-state index contributed by atoms with van der Waals surface area (Å²) in [6.07, 6.45) is 0. The SMILES string of the molecule is COC(=O)CSc1nnc(NC(=O)c2ccccc2OCc2ccccc2)s1. The number of methoxy groups -OCH3 is 1. The fourth-order valence-electron chi connectivity index (χ4n) is 2.18. The van der Waals surface area contributed by atoms with E-state index in [1.807, 2.05) is 36.4 Å². The Morgan fingerprint density at radius 2 is 1.82 bits per heavy atom. The minimum atomic E-state index is -0.352. The highest BCUT2D eigenvalue weighted by molar-refractivity contribution is 8.01. The summed E-state index contributed by atoms with van der Waals surface area (Å²) in [5.41, 5.74) is 1.41. The number of aromatic nitrogens is 2. The van der Waals surface area contributed by atoms with Gasteiger partial charge in [-0.15, -0.1) is 10.2 Å². The molecular formula is C19H17N3O4S2. The van der Waals surface area contributed by atoms with E-state index in [0.29, 0.717) is 27.4 Å². The maximum atomic E-state index is 12.6. The lowest BCUT2D eigenvalue weighted by Crippen LogP contribution is -2.13. The number of anilines is 1. The molecule has 1 aromatic heterocycles. The summed E-state index contributed by atoms with van der Waals surface area (Å²) in [6, 6.07) is 16.7. The molecule has 0 aliphatic heterocycles. The molecule has 0 unspecified atom stereocenters. The smallest absolute Gasteiger partial charge is 0.316 e. The van der Waals surface area contributed by atoms with Gasteiger partial charge in [0.05, 0.1) is 18.4 Å². The lowest BCUT2D eigenvalue weighted by molar-refractivity contribution is -0.137. The van der Waals surface area contributed by atoms with Crippen LogP contribution in [0.15, 0.2) is 58.9 Å². The number of esters is 1. The molecule has 0 saturated heterocycles. The average molecular weight is 415 g/mol. The topological polar surface area (TPSA) is 90.4 Å². The van der Waals surface area contributed by atoms with E-state index in [9.17, 15) is 9.59 Å². The fraction of sp³-hybridized carbons (Fsp3) is 0.158. The van der Waals surface area contributed by atoms with Crippen LogP contribution in [0.5, 0.6) is 5.75 Å². The van der Waals surface area contributed by atoms with E-state index in [2.05, 4.69) is 20.3 Å². The van der Waals surface area contributed by atoms with Gasteiger partial charge in [-0.05, 0) is 17.7 Å². The van der Waals surface area contributed by atoms with Gasteiger partial charge in [0.25, 0.3) is 5.91 Å². The molecule has 9 heteroatoms. The van der Waals surface area contributed by atoms with Crippen molar-refractivity contribution >= 4 is 40.1 Å². The molecule has 0 saturated carbocycles. The lowest BCUT2D eigenvalue weighted by Gasteiger charge is -2.10. The second kappa shape index (κ2) is 9.86. The van der Waals surface area contributed by atoms with E-state index in [4.69, 9.17) is 4.74 Å². The summed E-state index contributed by atoms with van der Waals surface area (Å²) >= 11 is 2.38. The normalized spacial score (nSPS) is 10.3. The van der Waals surface area contributed by atoms with Gasteiger partial charge in [-0.25, -0.2) is 0 Å². The fourth-order valence-corrected chi connectivity index (χ4v) is 3.76. The first-order valence-electron chi connectivity index (χ1n) is 8.26. The quantitative estimate of drug-likeness (QED) is 0.341. The van der Waals surface area contributed by atoms with Gasteiger partial charge in [-0.2, -0.15) is 0 Å². The number of nitrogens with zero attached hydrogens (tertiary/aromatic N) is 2. The summed E-state index contributed by atoms with van der Waals surface area (Å²) in [6.45, 7) is 0.359. The summed E-state index contributed by atoms with van der Waals surface area (Å²) in [5.74, 6) is -0.0804. The van der Waals surface area contributed by atoms with Gasteiger partial charge in [0.15, 0.2) is 4.34 Å². The highest BCUT2D eigenvalue weighted by Crippen LogP contribution is 2.27. The molecule has 0 spiro atoms. The number of para-hydroxylation sites is 1. The van der Waals surface area contributed by atoms with Crippen molar-refractivity contribution in [3.05, 3.63) is 65.7 Å². The molecule has 28 heavy (non-hydrogen) atoms. The molecular weight excluding hydrogens is 398 g/mol. The largest absolute Gasteiger partial charge is 0.488 e. The van der Waals surface area contributed by atoms with Crippen LogP contribution in [-0.4, -0.2) is 34.9 Å². The molecule has 3 rings (SSSR count). The molecule has 0 aliphatic carbocycles. The number of hydrogen-bond acceptors (Lipinski definition) is 8. The van der Waals surface area contributed by atoms with Gasteiger partial charge >= 0.3 is 5.97 Å². The Labute approximate surface area is 170 Å². The van der Waals surface area contributed by atoms with Crippen molar-refractivity contribution in [1.82, 2.24) is 10.2 Å². The molecule has 1 N–H and O–H groups in total. The molecule has 1 heterocycles. The van der Waals surface area contributed by atoms with Crippen molar-refractivity contribution in [1.29, 1.82) is 0 Å². The Kier molecular flexibility index (Phi) is 6.99. The molecule has 0 fully saturated rings. The van der Waals surface area contributed by atoms with Gasteiger partial charge in [-0.3, -0.25) is 14.9 Å². The molecule has 1 amide bonds. The van der Waals surface area contributed by atoms with Crippen LogP contribution >= 0.6 is 23.1 Å². The third-order valence-corrected chi connectivity index (χ3v) is 5.48.